The summed E-state index contributed by atoms with van der Waals surface area (Å²) in [7, 11) is 0. The van der Waals surface area contributed by atoms with Crippen molar-refractivity contribution in [2.75, 3.05) is 13.1 Å². The number of hydrogen-bond donors (Lipinski definition) is 2. The number of benzene rings is 1. The molecule has 1 aliphatic rings. The van der Waals surface area contributed by atoms with Gasteiger partial charge in [0.2, 0.25) is 6.41 Å². The second-order valence-electron chi connectivity index (χ2n) is 5.65. The number of amides is 1. The number of amidine groups is 1. The van der Waals surface area contributed by atoms with Crippen LogP contribution < -0.4 is 5.32 Å². The fraction of sp³-hybridized carbons (Fsp3) is 0.353. The number of carbonyl (C=O) groups excluding carboxylic acids is 1. The van der Waals surface area contributed by atoms with Crippen LogP contribution in [0.3, 0.4) is 0 Å². The summed E-state index contributed by atoms with van der Waals surface area (Å²) in [6.07, 6.45) is 4.22. The van der Waals surface area contributed by atoms with Crippen LogP contribution in [0.25, 0.3) is 11.3 Å². The van der Waals surface area contributed by atoms with Crippen molar-refractivity contribution in [3.8, 4) is 11.3 Å². The van der Waals surface area contributed by atoms with Crippen molar-refractivity contribution in [3.05, 3.63) is 41.7 Å². The summed E-state index contributed by atoms with van der Waals surface area (Å²) >= 11 is 0. The van der Waals surface area contributed by atoms with Crippen molar-refractivity contribution in [3.63, 3.8) is 0 Å². The average Bonchev–Trinajstić information content (AvgIpc) is 3.09. The molecular weight excluding hydrogens is 292 g/mol. The summed E-state index contributed by atoms with van der Waals surface area (Å²) in [5.41, 5.74) is 2.58. The smallest absolute Gasteiger partial charge is 0.207 e. The van der Waals surface area contributed by atoms with Gasteiger partial charge in [-0.05, 0) is 19.3 Å². The van der Waals surface area contributed by atoms with E-state index in [2.05, 4.69) is 15.4 Å². The molecule has 0 aliphatic carbocycles. The molecule has 3 rings (SSSR count). The monoisotopic (exact) mass is 312 g/mol. The van der Waals surface area contributed by atoms with E-state index in [1.54, 1.807) is 0 Å². The first-order valence-electron chi connectivity index (χ1n) is 7.85. The van der Waals surface area contributed by atoms with Crippen LogP contribution in [0.4, 0.5) is 0 Å². The molecule has 0 bridgehead atoms. The van der Waals surface area contributed by atoms with Crippen molar-refractivity contribution < 1.29 is 9.32 Å². The second kappa shape index (κ2) is 7.09. The number of carbonyl (C=O) groups is 1. The van der Waals surface area contributed by atoms with E-state index in [4.69, 9.17) is 9.93 Å². The molecule has 1 aromatic carbocycles. The van der Waals surface area contributed by atoms with Gasteiger partial charge < -0.3 is 14.7 Å². The maximum absolute atomic E-state index is 10.3. The Labute approximate surface area is 135 Å². The molecule has 0 spiro atoms. The highest BCUT2D eigenvalue weighted by molar-refractivity contribution is 5.96. The molecule has 1 aliphatic heterocycles. The van der Waals surface area contributed by atoms with Crippen LogP contribution in [0.5, 0.6) is 0 Å². The lowest BCUT2D eigenvalue weighted by atomic mass is 10.1. The molecule has 0 atom stereocenters. The summed E-state index contributed by atoms with van der Waals surface area (Å²) in [4.78, 5) is 12.4. The highest BCUT2D eigenvalue weighted by Gasteiger charge is 2.15. The summed E-state index contributed by atoms with van der Waals surface area (Å²) in [5.74, 6) is 1.20. The van der Waals surface area contributed by atoms with E-state index in [-0.39, 0.29) is 0 Å². The van der Waals surface area contributed by atoms with Crippen LogP contribution in [0.1, 0.15) is 30.6 Å². The van der Waals surface area contributed by atoms with Gasteiger partial charge in [0, 0.05) is 30.3 Å². The van der Waals surface area contributed by atoms with Crippen molar-refractivity contribution >= 4 is 12.2 Å². The van der Waals surface area contributed by atoms with Crippen LogP contribution in [0, 0.1) is 5.41 Å². The van der Waals surface area contributed by atoms with Crippen molar-refractivity contribution in [2.45, 2.75) is 25.8 Å². The van der Waals surface area contributed by atoms with E-state index >= 15 is 0 Å². The van der Waals surface area contributed by atoms with Gasteiger partial charge in [-0.15, -0.1) is 0 Å². The summed E-state index contributed by atoms with van der Waals surface area (Å²) in [6, 6.07) is 9.60. The van der Waals surface area contributed by atoms with E-state index in [1.165, 1.54) is 6.42 Å². The lowest BCUT2D eigenvalue weighted by molar-refractivity contribution is -0.109. The molecule has 1 saturated heterocycles. The Morgan fingerprint density at radius 1 is 1.26 bits per heavy atom. The van der Waals surface area contributed by atoms with Gasteiger partial charge in [0.1, 0.15) is 11.5 Å². The molecule has 1 amide bonds. The Kier molecular flexibility index (Phi) is 4.71. The first kappa shape index (κ1) is 15.3. The number of rotatable bonds is 5. The zero-order valence-electron chi connectivity index (χ0n) is 12.9. The van der Waals surface area contributed by atoms with Gasteiger partial charge in [-0.1, -0.05) is 29.4 Å². The fourth-order valence-corrected chi connectivity index (χ4v) is 2.77. The van der Waals surface area contributed by atoms with Crippen LogP contribution in [-0.2, 0) is 11.3 Å². The van der Waals surface area contributed by atoms with Gasteiger partial charge in [-0.25, -0.2) is 0 Å². The van der Waals surface area contributed by atoms with E-state index in [9.17, 15) is 4.79 Å². The standard InChI is InChI=1S/C17H20N4O2/c18-17(21-8-2-1-3-9-21)14-6-4-13(5-7-14)16-10-15(23-20-16)11-19-12-22/h4-7,10,12,18H,1-3,8-9,11H2,(H,19,22). The molecule has 0 saturated carbocycles. The molecule has 6 heteroatoms. The summed E-state index contributed by atoms with van der Waals surface area (Å²) < 4.78 is 5.17. The molecule has 120 valence electrons. The Balaban J connectivity index is 1.70. The van der Waals surface area contributed by atoms with Gasteiger partial charge in [-0.3, -0.25) is 10.2 Å². The summed E-state index contributed by atoms with van der Waals surface area (Å²) in [5, 5.41) is 14.9. The van der Waals surface area contributed by atoms with E-state index in [0.717, 1.165) is 42.8 Å². The number of piperidine rings is 1. The predicted octanol–water partition coefficient (Wildman–Crippen LogP) is 2.40. The van der Waals surface area contributed by atoms with Crippen LogP contribution >= 0.6 is 0 Å². The quantitative estimate of drug-likeness (QED) is 0.504. The second-order valence-corrected chi connectivity index (χ2v) is 5.65. The zero-order chi connectivity index (χ0) is 16.1. The van der Waals surface area contributed by atoms with Gasteiger partial charge >= 0.3 is 0 Å². The van der Waals surface area contributed by atoms with Gasteiger partial charge in [0.25, 0.3) is 0 Å². The van der Waals surface area contributed by atoms with Crippen molar-refractivity contribution in [1.82, 2.24) is 15.4 Å². The fourth-order valence-electron chi connectivity index (χ4n) is 2.77. The lowest BCUT2D eigenvalue weighted by Crippen LogP contribution is -2.35. The largest absolute Gasteiger partial charge is 0.359 e. The Hall–Kier alpha value is -2.63. The third kappa shape index (κ3) is 3.59. The molecule has 0 unspecified atom stereocenters. The molecule has 6 nitrogen and oxygen atoms in total. The molecular formula is C17H20N4O2. The molecule has 1 fully saturated rings. The normalized spacial score (nSPS) is 14.5. The first-order valence-corrected chi connectivity index (χ1v) is 7.85. The molecule has 2 N–H and O–H groups in total. The van der Waals surface area contributed by atoms with Gasteiger partial charge in [0.05, 0.1) is 6.54 Å². The topological polar surface area (TPSA) is 82.2 Å². The SMILES string of the molecule is N=C(c1ccc(-c2cc(CNC=O)on2)cc1)N1CCCCC1. The Morgan fingerprint density at radius 3 is 2.70 bits per heavy atom. The predicted molar refractivity (Wildman–Crippen MR) is 87.1 cm³/mol. The highest BCUT2D eigenvalue weighted by atomic mass is 16.5. The van der Waals surface area contributed by atoms with Crippen molar-refractivity contribution in [2.24, 2.45) is 0 Å². The van der Waals surface area contributed by atoms with Gasteiger partial charge in [-0.2, -0.15) is 0 Å². The van der Waals surface area contributed by atoms with E-state index < -0.39 is 0 Å². The van der Waals surface area contributed by atoms with Crippen molar-refractivity contribution in [1.29, 1.82) is 5.41 Å². The first-order chi connectivity index (χ1) is 11.3. The van der Waals surface area contributed by atoms with Crippen LogP contribution in [-0.4, -0.2) is 35.4 Å². The summed E-state index contributed by atoms with van der Waals surface area (Å²) in [6.45, 7) is 2.27. The molecule has 2 heterocycles. The third-order valence-electron chi connectivity index (χ3n) is 4.04. The van der Waals surface area contributed by atoms with E-state index in [1.807, 2.05) is 30.3 Å². The Bertz CT molecular complexity index is 672. The number of nitrogens with zero attached hydrogens (tertiary/aromatic N) is 2. The van der Waals surface area contributed by atoms with Crippen LogP contribution in [0.2, 0.25) is 0 Å². The third-order valence-corrected chi connectivity index (χ3v) is 4.04. The number of likely N-dealkylation sites (tertiary alicyclic amines) is 1. The molecule has 2 aromatic rings. The number of nitrogens with one attached hydrogen (secondary N) is 2. The van der Waals surface area contributed by atoms with Crippen LogP contribution in [0.15, 0.2) is 34.9 Å². The molecule has 23 heavy (non-hydrogen) atoms. The number of aromatic nitrogens is 1. The van der Waals surface area contributed by atoms with E-state index in [0.29, 0.717) is 24.6 Å². The maximum atomic E-state index is 10.3. The van der Waals surface area contributed by atoms with Gasteiger partial charge in [0.15, 0.2) is 5.76 Å². The number of hydrogen-bond acceptors (Lipinski definition) is 4. The maximum Gasteiger partial charge on any atom is 0.207 e. The lowest BCUT2D eigenvalue weighted by Gasteiger charge is -2.29. The molecule has 0 radical (unpaired) electrons. The minimum Gasteiger partial charge on any atom is -0.359 e. The minimum absolute atomic E-state index is 0.328. The Morgan fingerprint density at radius 2 is 2.00 bits per heavy atom. The minimum atomic E-state index is 0.328. The highest BCUT2D eigenvalue weighted by Crippen LogP contribution is 2.21. The average molecular weight is 312 g/mol. The zero-order valence-corrected chi connectivity index (χ0v) is 12.9. The molecule has 1 aromatic heterocycles.